The normalized spacial score (nSPS) is 11.1. The highest BCUT2D eigenvalue weighted by molar-refractivity contribution is 7.92. The van der Waals surface area contributed by atoms with Gasteiger partial charge in [-0.3, -0.25) is 4.31 Å². The number of carbonyl (C=O) groups excluding carboxylic acids is 1. The number of anilines is 1. The van der Waals surface area contributed by atoms with E-state index in [1.54, 1.807) is 24.3 Å². The van der Waals surface area contributed by atoms with Gasteiger partial charge < -0.3 is 4.74 Å². The standard InChI is InChI=1S/C17H19NO4S/c1-13-8-10-14(11-9-13)12-18(23(3,20)21)16-7-5-4-6-15(16)17(19)22-2/h4-11H,12H2,1-3H3. The summed E-state index contributed by atoms with van der Waals surface area (Å²) in [6.45, 7) is 2.11. The molecule has 0 atom stereocenters. The maximum absolute atomic E-state index is 12.2. The second-order valence-corrected chi connectivity index (χ2v) is 7.17. The summed E-state index contributed by atoms with van der Waals surface area (Å²) in [6.07, 6.45) is 1.12. The Balaban J connectivity index is 2.49. The fraction of sp³-hybridized carbons (Fsp3) is 0.235. The van der Waals surface area contributed by atoms with Gasteiger partial charge in [0.2, 0.25) is 10.0 Å². The zero-order chi connectivity index (χ0) is 17.0. The predicted molar refractivity (Wildman–Crippen MR) is 90.0 cm³/mol. The Morgan fingerprint density at radius 1 is 1.09 bits per heavy atom. The largest absolute Gasteiger partial charge is 0.465 e. The van der Waals surface area contributed by atoms with Crippen LogP contribution in [0, 0.1) is 6.92 Å². The maximum Gasteiger partial charge on any atom is 0.340 e. The van der Waals surface area contributed by atoms with Crippen molar-refractivity contribution < 1.29 is 17.9 Å². The molecule has 0 aliphatic rings. The molecule has 0 fully saturated rings. The zero-order valence-corrected chi connectivity index (χ0v) is 14.1. The van der Waals surface area contributed by atoms with E-state index in [1.165, 1.54) is 11.4 Å². The molecule has 0 bridgehead atoms. The number of hydrogen-bond acceptors (Lipinski definition) is 4. The summed E-state index contributed by atoms with van der Waals surface area (Å²) in [5.41, 5.74) is 2.45. The molecule has 0 aromatic heterocycles. The van der Waals surface area contributed by atoms with Crippen molar-refractivity contribution in [3.8, 4) is 0 Å². The van der Waals surface area contributed by atoms with E-state index in [0.29, 0.717) is 5.69 Å². The molecule has 5 nitrogen and oxygen atoms in total. The number of nitrogens with zero attached hydrogens (tertiary/aromatic N) is 1. The first-order chi connectivity index (χ1) is 10.8. The fourth-order valence-electron chi connectivity index (χ4n) is 2.21. The third-order valence-corrected chi connectivity index (χ3v) is 4.55. The number of benzene rings is 2. The Kier molecular flexibility index (Phi) is 5.05. The molecule has 2 aromatic rings. The quantitative estimate of drug-likeness (QED) is 0.789. The Bertz CT molecular complexity index is 798. The minimum atomic E-state index is -3.56. The van der Waals surface area contributed by atoms with Gasteiger partial charge in [0.25, 0.3) is 0 Å². The molecular formula is C17H19NO4S. The number of rotatable bonds is 5. The van der Waals surface area contributed by atoms with Gasteiger partial charge in [0.1, 0.15) is 0 Å². The molecule has 0 unspecified atom stereocenters. The average molecular weight is 333 g/mol. The van der Waals surface area contributed by atoms with E-state index in [0.717, 1.165) is 17.4 Å². The van der Waals surface area contributed by atoms with Gasteiger partial charge >= 0.3 is 5.97 Å². The van der Waals surface area contributed by atoms with E-state index < -0.39 is 16.0 Å². The molecule has 23 heavy (non-hydrogen) atoms. The van der Waals surface area contributed by atoms with Crippen molar-refractivity contribution in [1.82, 2.24) is 0 Å². The van der Waals surface area contributed by atoms with Crippen LogP contribution in [-0.4, -0.2) is 27.8 Å². The second kappa shape index (κ2) is 6.83. The van der Waals surface area contributed by atoms with Gasteiger partial charge in [-0.2, -0.15) is 0 Å². The highest BCUT2D eigenvalue weighted by atomic mass is 32.2. The summed E-state index contributed by atoms with van der Waals surface area (Å²) in [4.78, 5) is 11.9. The van der Waals surface area contributed by atoms with E-state index in [-0.39, 0.29) is 12.1 Å². The first kappa shape index (κ1) is 17.0. The van der Waals surface area contributed by atoms with Gasteiger partial charge in [-0.25, -0.2) is 13.2 Å². The first-order valence-corrected chi connectivity index (χ1v) is 8.88. The van der Waals surface area contributed by atoms with Gasteiger partial charge in [0.05, 0.1) is 31.2 Å². The lowest BCUT2D eigenvalue weighted by atomic mass is 10.1. The van der Waals surface area contributed by atoms with Gasteiger partial charge in [0, 0.05) is 0 Å². The summed E-state index contributed by atoms with van der Waals surface area (Å²) >= 11 is 0. The molecule has 2 aromatic carbocycles. The summed E-state index contributed by atoms with van der Waals surface area (Å²) in [5, 5.41) is 0. The van der Waals surface area contributed by atoms with Gasteiger partial charge in [0.15, 0.2) is 0 Å². The van der Waals surface area contributed by atoms with Gasteiger partial charge in [-0.05, 0) is 24.6 Å². The van der Waals surface area contributed by atoms with Crippen LogP contribution in [-0.2, 0) is 21.3 Å². The van der Waals surface area contributed by atoms with Crippen LogP contribution in [0.3, 0.4) is 0 Å². The van der Waals surface area contributed by atoms with Crippen molar-refractivity contribution in [3.05, 3.63) is 65.2 Å². The van der Waals surface area contributed by atoms with Crippen molar-refractivity contribution in [1.29, 1.82) is 0 Å². The molecule has 0 aliphatic heterocycles. The molecule has 0 heterocycles. The molecule has 2 rings (SSSR count). The highest BCUT2D eigenvalue weighted by Gasteiger charge is 2.23. The van der Waals surface area contributed by atoms with Crippen LogP contribution in [0.1, 0.15) is 21.5 Å². The van der Waals surface area contributed by atoms with Crippen LogP contribution < -0.4 is 4.31 Å². The third kappa shape index (κ3) is 4.10. The van der Waals surface area contributed by atoms with Crippen LogP contribution in [0.15, 0.2) is 48.5 Å². The molecule has 0 spiro atoms. The number of aryl methyl sites for hydroxylation is 1. The van der Waals surface area contributed by atoms with E-state index in [2.05, 4.69) is 0 Å². The Morgan fingerprint density at radius 3 is 2.26 bits per heavy atom. The van der Waals surface area contributed by atoms with E-state index in [4.69, 9.17) is 4.74 Å². The molecular weight excluding hydrogens is 314 g/mol. The summed E-state index contributed by atoms with van der Waals surface area (Å²) in [5.74, 6) is -0.571. The number of sulfonamides is 1. The Hall–Kier alpha value is -2.34. The number of ether oxygens (including phenoxy) is 1. The van der Waals surface area contributed by atoms with Crippen LogP contribution in [0.5, 0.6) is 0 Å². The van der Waals surface area contributed by atoms with Crippen molar-refractivity contribution in [2.24, 2.45) is 0 Å². The summed E-state index contributed by atoms with van der Waals surface area (Å²) < 4.78 is 30.4. The topological polar surface area (TPSA) is 63.7 Å². The number of esters is 1. The summed E-state index contributed by atoms with van der Waals surface area (Å²) in [7, 11) is -2.30. The molecule has 0 amide bonds. The van der Waals surface area contributed by atoms with E-state index >= 15 is 0 Å². The number of methoxy groups -OCH3 is 1. The monoisotopic (exact) mass is 333 g/mol. The zero-order valence-electron chi connectivity index (χ0n) is 13.3. The number of para-hydroxylation sites is 1. The molecule has 0 N–H and O–H groups in total. The Labute approximate surface area is 136 Å². The first-order valence-electron chi connectivity index (χ1n) is 7.03. The second-order valence-electron chi connectivity index (χ2n) is 5.26. The highest BCUT2D eigenvalue weighted by Crippen LogP contribution is 2.25. The van der Waals surface area contributed by atoms with E-state index in [9.17, 15) is 13.2 Å². The number of hydrogen-bond donors (Lipinski definition) is 0. The summed E-state index contributed by atoms with van der Waals surface area (Å²) in [6, 6.07) is 14.1. The molecule has 0 aliphatic carbocycles. The lowest BCUT2D eigenvalue weighted by molar-refractivity contribution is 0.0601. The predicted octanol–water partition coefficient (Wildman–Crippen LogP) is 2.75. The fourth-order valence-corrected chi connectivity index (χ4v) is 3.11. The van der Waals surface area contributed by atoms with Gasteiger partial charge in [-0.15, -0.1) is 0 Å². The minimum absolute atomic E-state index is 0.146. The van der Waals surface area contributed by atoms with Crippen LogP contribution in [0.4, 0.5) is 5.69 Å². The third-order valence-electron chi connectivity index (χ3n) is 3.43. The molecule has 0 radical (unpaired) electrons. The smallest absolute Gasteiger partial charge is 0.340 e. The van der Waals surface area contributed by atoms with Crippen molar-refractivity contribution in [2.75, 3.05) is 17.7 Å². The SMILES string of the molecule is COC(=O)c1ccccc1N(Cc1ccc(C)cc1)S(C)(=O)=O. The lowest BCUT2D eigenvalue weighted by Gasteiger charge is -2.24. The molecule has 0 saturated heterocycles. The van der Waals surface area contributed by atoms with Crippen molar-refractivity contribution in [3.63, 3.8) is 0 Å². The molecule has 122 valence electrons. The van der Waals surface area contributed by atoms with Crippen LogP contribution in [0.25, 0.3) is 0 Å². The van der Waals surface area contributed by atoms with Crippen LogP contribution in [0.2, 0.25) is 0 Å². The molecule has 6 heteroatoms. The van der Waals surface area contributed by atoms with Crippen LogP contribution >= 0.6 is 0 Å². The number of carbonyl (C=O) groups is 1. The van der Waals surface area contributed by atoms with E-state index in [1.807, 2.05) is 31.2 Å². The minimum Gasteiger partial charge on any atom is -0.465 e. The van der Waals surface area contributed by atoms with Crippen molar-refractivity contribution >= 4 is 21.7 Å². The van der Waals surface area contributed by atoms with Gasteiger partial charge in [-0.1, -0.05) is 42.0 Å². The maximum atomic E-state index is 12.2. The van der Waals surface area contributed by atoms with Crippen molar-refractivity contribution in [2.45, 2.75) is 13.5 Å². The molecule has 0 saturated carbocycles. The Morgan fingerprint density at radius 2 is 1.70 bits per heavy atom. The average Bonchev–Trinajstić information content (AvgIpc) is 2.52. The lowest BCUT2D eigenvalue weighted by Crippen LogP contribution is -2.30.